The third-order valence-corrected chi connectivity index (χ3v) is 1.86. The summed E-state index contributed by atoms with van der Waals surface area (Å²) in [6.45, 7) is 0. The molecular formula is C8H5ClFN3. The van der Waals surface area contributed by atoms with Crippen LogP contribution in [0.2, 0.25) is 5.02 Å². The van der Waals surface area contributed by atoms with Gasteiger partial charge >= 0.3 is 0 Å². The van der Waals surface area contributed by atoms with Crippen molar-refractivity contribution in [2.45, 2.75) is 0 Å². The number of hydrogen-bond donors (Lipinski definition) is 1. The first kappa shape index (κ1) is 8.19. The summed E-state index contributed by atoms with van der Waals surface area (Å²) in [6.07, 6.45) is 0. The van der Waals surface area contributed by atoms with Crippen molar-refractivity contribution in [3.8, 4) is 0 Å². The van der Waals surface area contributed by atoms with Crippen molar-refractivity contribution in [2.24, 2.45) is 0 Å². The molecule has 0 amide bonds. The van der Waals surface area contributed by atoms with Gasteiger partial charge in [0.05, 0.1) is 10.9 Å². The Morgan fingerprint density at radius 3 is 2.85 bits per heavy atom. The topological polar surface area (TPSA) is 51.8 Å². The standard InChI is InChI=1S/C8H5ClFN3/c9-4-1-2-5-6(3-4)12-8(11)13-7(5)10/h1-3H,(H2,11,12,13). The summed E-state index contributed by atoms with van der Waals surface area (Å²) >= 11 is 5.70. The lowest BCUT2D eigenvalue weighted by Gasteiger charge is -1.99. The zero-order valence-electron chi connectivity index (χ0n) is 6.46. The number of fused-ring (bicyclic) bond motifs is 1. The van der Waals surface area contributed by atoms with Crippen LogP contribution in [0.4, 0.5) is 10.3 Å². The molecule has 3 nitrogen and oxygen atoms in total. The Hall–Kier alpha value is -1.42. The number of nitrogens with zero attached hydrogens (tertiary/aromatic N) is 2. The zero-order chi connectivity index (χ0) is 9.42. The highest BCUT2D eigenvalue weighted by molar-refractivity contribution is 6.31. The largest absolute Gasteiger partial charge is 0.368 e. The Balaban J connectivity index is 2.86. The highest BCUT2D eigenvalue weighted by atomic mass is 35.5. The lowest BCUT2D eigenvalue weighted by atomic mass is 10.2. The predicted octanol–water partition coefficient (Wildman–Crippen LogP) is 2.00. The van der Waals surface area contributed by atoms with Crippen LogP contribution in [0.15, 0.2) is 18.2 Å². The maximum Gasteiger partial charge on any atom is 0.225 e. The monoisotopic (exact) mass is 197 g/mol. The summed E-state index contributed by atoms with van der Waals surface area (Å²) in [5.41, 5.74) is 5.68. The van der Waals surface area contributed by atoms with Crippen LogP contribution in [0.1, 0.15) is 0 Å². The van der Waals surface area contributed by atoms with Crippen molar-refractivity contribution < 1.29 is 4.39 Å². The minimum absolute atomic E-state index is 0.0905. The summed E-state index contributed by atoms with van der Waals surface area (Å²) in [6, 6.07) is 4.64. The summed E-state index contributed by atoms with van der Waals surface area (Å²) in [5.74, 6) is -0.716. The van der Waals surface area contributed by atoms with E-state index in [2.05, 4.69) is 9.97 Å². The van der Waals surface area contributed by atoms with Gasteiger partial charge in [0.15, 0.2) is 0 Å². The van der Waals surface area contributed by atoms with Crippen LogP contribution in [0.5, 0.6) is 0 Å². The minimum Gasteiger partial charge on any atom is -0.368 e. The van der Waals surface area contributed by atoms with E-state index in [-0.39, 0.29) is 5.95 Å². The number of nitrogen functional groups attached to an aromatic ring is 1. The molecule has 0 atom stereocenters. The van der Waals surface area contributed by atoms with E-state index in [4.69, 9.17) is 17.3 Å². The second-order valence-electron chi connectivity index (χ2n) is 2.53. The zero-order valence-corrected chi connectivity index (χ0v) is 7.22. The normalized spacial score (nSPS) is 10.6. The van der Waals surface area contributed by atoms with Crippen molar-refractivity contribution in [2.75, 3.05) is 5.73 Å². The van der Waals surface area contributed by atoms with Crippen LogP contribution >= 0.6 is 11.6 Å². The number of halogens is 2. The van der Waals surface area contributed by atoms with Crippen molar-refractivity contribution in [1.29, 1.82) is 0 Å². The molecule has 0 radical (unpaired) electrons. The number of aromatic nitrogens is 2. The maximum absolute atomic E-state index is 13.1. The average molecular weight is 198 g/mol. The SMILES string of the molecule is Nc1nc(F)c2ccc(Cl)cc2n1. The van der Waals surface area contributed by atoms with Gasteiger partial charge in [0.1, 0.15) is 0 Å². The van der Waals surface area contributed by atoms with E-state index in [1.165, 1.54) is 12.1 Å². The first-order valence-corrected chi connectivity index (χ1v) is 3.93. The van der Waals surface area contributed by atoms with Crippen molar-refractivity contribution in [3.63, 3.8) is 0 Å². The Morgan fingerprint density at radius 1 is 1.31 bits per heavy atom. The van der Waals surface area contributed by atoms with E-state index in [1.807, 2.05) is 0 Å². The van der Waals surface area contributed by atoms with Crippen molar-refractivity contribution in [3.05, 3.63) is 29.2 Å². The predicted molar refractivity (Wildman–Crippen MR) is 48.9 cm³/mol. The molecule has 0 aliphatic heterocycles. The van der Waals surface area contributed by atoms with Gasteiger partial charge < -0.3 is 5.73 Å². The van der Waals surface area contributed by atoms with Crippen LogP contribution in [0, 0.1) is 5.95 Å². The molecule has 2 aromatic rings. The molecule has 0 spiro atoms. The molecule has 13 heavy (non-hydrogen) atoms. The summed E-state index contributed by atoms with van der Waals surface area (Å²) in [4.78, 5) is 7.23. The number of hydrogen-bond acceptors (Lipinski definition) is 3. The molecular weight excluding hydrogens is 193 g/mol. The third-order valence-electron chi connectivity index (χ3n) is 1.63. The van der Waals surface area contributed by atoms with E-state index in [0.717, 1.165) is 0 Å². The van der Waals surface area contributed by atoms with Crippen LogP contribution in [-0.2, 0) is 0 Å². The van der Waals surface area contributed by atoms with Gasteiger partial charge in [-0.05, 0) is 18.2 Å². The lowest BCUT2D eigenvalue weighted by molar-refractivity contribution is 0.596. The molecule has 2 rings (SSSR count). The average Bonchev–Trinajstić information content (AvgIpc) is 2.02. The van der Waals surface area contributed by atoms with Crippen LogP contribution < -0.4 is 5.73 Å². The lowest BCUT2D eigenvalue weighted by Crippen LogP contribution is -1.98. The molecule has 0 bridgehead atoms. The van der Waals surface area contributed by atoms with Gasteiger partial charge in [-0.25, -0.2) is 4.98 Å². The van der Waals surface area contributed by atoms with E-state index in [1.54, 1.807) is 6.07 Å². The molecule has 1 aromatic heterocycles. The smallest absolute Gasteiger partial charge is 0.225 e. The first-order valence-electron chi connectivity index (χ1n) is 3.55. The van der Waals surface area contributed by atoms with E-state index in [0.29, 0.717) is 15.9 Å². The fourth-order valence-corrected chi connectivity index (χ4v) is 1.25. The molecule has 0 aliphatic rings. The van der Waals surface area contributed by atoms with Gasteiger partial charge in [-0.15, -0.1) is 0 Å². The fourth-order valence-electron chi connectivity index (χ4n) is 1.08. The Morgan fingerprint density at radius 2 is 2.08 bits per heavy atom. The molecule has 0 aliphatic carbocycles. The minimum atomic E-state index is -0.626. The number of rotatable bonds is 0. The third kappa shape index (κ3) is 1.40. The first-order chi connectivity index (χ1) is 6.16. The summed E-state index contributed by atoms with van der Waals surface area (Å²) in [7, 11) is 0. The van der Waals surface area contributed by atoms with Crippen LogP contribution in [0.3, 0.4) is 0 Å². The highest BCUT2D eigenvalue weighted by Gasteiger charge is 2.04. The van der Waals surface area contributed by atoms with Gasteiger partial charge in [-0.2, -0.15) is 9.37 Å². The molecule has 0 saturated carbocycles. The Kier molecular flexibility index (Phi) is 1.77. The number of anilines is 1. The Bertz CT molecular complexity index is 467. The second-order valence-corrected chi connectivity index (χ2v) is 2.97. The molecule has 0 fully saturated rings. The maximum atomic E-state index is 13.1. The van der Waals surface area contributed by atoms with E-state index in [9.17, 15) is 4.39 Å². The molecule has 66 valence electrons. The highest BCUT2D eigenvalue weighted by Crippen LogP contribution is 2.19. The number of nitrogens with two attached hydrogens (primary N) is 1. The van der Waals surface area contributed by atoms with Crippen molar-refractivity contribution >= 4 is 28.5 Å². The van der Waals surface area contributed by atoms with Crippen LogP contribution in [-0.4, -0.2) is 9.97 Å². The quantitative estimate of drug-likeness (QED) is 0.658. The Labute approximate surface area is 78.4 Å². The molecule has 1 heterocycles. The molecule has 5 heteroatoms. The van der Waals surface area contributed by atoms with Crippen molar-refractivity contribution in [1.82, 2.24) is 9.97 Å². The van der Waals surface area contributed by atoms with Gasteiger partial charge in [0.2, 0.25) is 11.9 Å². The van der Waals surface area contributed by atoms with E-state index >= 15 is 0 Å². The van der Waals surface area contributed by atoms with Crippen LogP contribution in [0.25, 0.3) is 10.9 Å². The molecule has 0 saturated heterocycles. The molecule has 2 N–H and O–H groups in total. The van der Waals surface area contributed by atoms with E-state index < -0.39 is 5.95 Å². The van der Waals surface area contributed by atoms with Gasteiger partial charge in [-0.1, -0.05) is 11.6 Å². The summed E-state index contributed by atoms with van der Waals surface area (Å²) < 4.78 is 13.1. The number of benzene rings is 1. The second kappa shape index (κ2) is 2.81. The van der Waals surface area contributed by atoms with Gasteiger partial charge in [-0.3, -0.25) is 0 Å². The van der Waals surface area contributed by atoms with Gasteiger partial charge in [0.25, 0.3) is 0 Å². The molecule has 1 aromatic carbocycles. The summed E-state index contributed by atoms with van der Waals surface area (Å²) in [5, 5.41) is 0.809. The van der Waals surface area contributed by atoms with Gasteiger partial charge in [0, 0.05) is 5.02 Å². The molecule has 0 unspecified atom stereocenters. The fraction of sp³-hybridized carbons (Fsp3) is 0.